The molecule has 0 radical (unpaired) electrons. The van der Waals surface area contributed by atoms with Gasteiger partial charge in [0.2, 0.25) is 0 Å². The summed E-state index contributed by atoms with van der Waals surface area (Å²) in [6.45, 7) is 6.20. The van der Waals surface area contributed by atoms with Crippen molar-refractivity contribution in [2.45, 2.75) is 26.7 Å². The van der Waals surface area contributed by atoms with Crippen LogP contribution >= 0.6 is 0 Å². The minimum atomic E-state index is -0.449. The van der Waals surface area contributed by atoms with Crippen molar-refractivity contribution in [3.63, 3.8) is 0 Å². The number of benzene rings is 1. The number of hydrogen-bond donors (Lipinski definition) is 1. The van der Waals surface area contributed by atoms with Gasteiger partial charge in [-0.1, -0.05) is 19.9 Å². The fourth-order valence-corrected chi connectivity index (χ4v) is 2.65. The van der Waals surface area contributed by atoms with E-state index in [1.165, 1.54) is 7.11 Å². The van der Waals surface area contributed by atoms with Crippen molar-refractivity contribution in [2.75, 3.05) is 30.4 Å². The average Bonchev–Trinajstić information content (AvgIpc) is 2.67. The van der Waals surface area contributed by atoms with Crippen LogP contribution in [0.5, 0.6) is 0 Å². The van der Waals surface area contributed by atoms with Crippen LogP contribution in [0.25, 0.3) is 0 Å². The summed E-state index contributed by atoms with van der Waals surface area (Å²) in [4.78, 5) is 30.5. The van der Waals surface area contributed by atoms with Crippen molar-refractivity contribution in [1.82, 2.24) is 4.98 Å². The number of methoxy groups -OCH3 is 1. The lowest BCUT2D eigenvalue weighted by Gasteiger charge is -2.23. The Bertz CT molecular complexity index is 738. The maximum Gasteiger partial charge on any atom is 0.337 e. The van der Waals surface area contributed by atoms with E-state index in [1.807, 2.05) is 6.07 Å². The molecule has 0 bridgehead atoms. The van der Waals surface area contributed by atoms with Crippen LogP contribution in [0.4, 0.5) is 11.4 Å². The number of amides is 1. The number of rotatable bonds is 8. The molecule has 1 aromatic carbocycles. The van der Waals surface area contributed by atoms with E-state index < -0.39 is 5.97 Å². The Hall–Kier alpha value is -2.89. The smallest absolute Gasteiger partial charge is 0.337 e. The first-order valence-corrected chi connectivity index (χ1v) is 8.79. The van der Waals surface area contributed by atoms with Gasteiger partial charge in [0.1, 0.15) is 5.69 Å². The number of carbonyl (C=O) groups is 2. The van der Waals surface area contributed by atoms with E-state index in [0.29, 0.717) is 16.9 Å². The van der Waals surface area contributed by atoms with E-state index in [4.69, 9.17) is 0 Å². The summed E-state index contributed by atoms with van der Waals surface area (Å²) >= 11 is 0. The Balaban J connectivity index is 2.09. The van der Waals surface area contributed by atoms with Gasteiger partial charge in [-0.25, -0.2) is 9.78 Å². The van der Waals surface area contributed by atoms with E-state index in [2.05, 4.69) is 33.8 Å². The number of esters is 1. The van der Waals surface area contributed by atoms with Gasteiger partial charge in [-0.2, -0.15) is 0 Å². The van der Waals surface area contributed by atoms with Gasteiger partial charge < -0.3 is 15.0 Å². The van der Waals surface area contributed by atoms with Crippen molar-refractivity contribution < 1.29 is 14.3 Å². The molecule has 0 atom stereocenters. The molecule has 138 valence electrons. The van der Waals surface area contributed by atoms with Gasteiger partial charge in [0.15, 0.2) is 0 Å². The summed E-state index contributed by atoms with van der Waals surface area (Å²) in [6.07, 6.45) is 3.84. The minimum absolute atomic E-state index is 0.323. The lowest BCUT2D eigenvalue weighted by atomic mass is 10.2. The second-order valence-electron chi connectivity index (χ2n) is 5.92. The number of pyridine rings is 1. The van der Waals surface area contributed by atoms with Gasteiger partial charge in [0, 0.05) is 18.8 Å². The number of ether oxygens (including phenoxy) is 1. The molecule has 0 spiro atoms. The SMILES string of the molecule is CCCN(CCC)c1ccc(C(=O)Nc2cccc(C(=O)OC)c2)nc1. The van der Waals surface area contributed by atoms with E-state index in [-0.39, 0.29) is 5.91 Å². The Morgan fingerprint density at radius 3 is 2.42 bits per heavy atom. The van der Waals surface area contributed by atoms with Crippen molar-refractivity contribution >= 4 is 23.3 Å². The van der Waals surface area contributed by atoms with Crippen molar-refractivity contribution in [2.24, 2.45) is 0 Å². The van der Waals surface area contributed by atoms with Crippen LogP contribution in [-0.4, -0.2) is 37.1 Å². The first kappa shape index (κ1) is 19.4. The summed E-state index contributed by atoms with van der Waals surface area (Å²) < 4.78 is 4.69. The van der Waals surface area contributed by atoms with E-state index >= 15 is 0 Å². The third-order valence-electron chi connectivity index (χ3n) is 3.87. The molecule has 0 fully saturated rings. The monoisotopic (exact) mass is 355 g/mol. The number of nitrogens with one attached hydrogen (secondary N) is 1. The maximum atomic E-state index is 12.4. The lowest BCUT2D eigenvalue weighted by Crippen LogP contribution is -2.25. The Kier molecular flexibility index (Phi) is 7.14. The van der Waals surface area contributed by atoms with E-state index in [0.717, 1.165) is 31.6 Å². The molecule has 0 saturated heterocycles. The molecule has 0 unspecified atom stereocenters. The Morgan fingerprint density at radius 2 is 1.85 bits per heavy atom. The van der Waals surface area contributed by atoms with Gasteiger partial charge >= 0.3 is 5.97 Å². The lowest BCUT2D eigenvalue weighted by molar-refractivity contribution is 0.0600. The molecule has 0 aliphatic rings. The highest BCUT2D eigenvalue weighted by molar-refractivity contribution is 6.03. The highest BCUT2D eigenvalue weighted by Gasteiger charge is 2.12. The standard InChI is InChI=1S/C20H25N3O3/c1-4-11-23(12-5-2)17-9-10-18(21-14-17)19(24)22-16-8-6-7-15(13-16)20(25)26-3/h6-10,13-14H,4-5,11-12H2,1-3H3,(H,22,24). The highest BCUT2D eigenvalue weighted by Crippen LogP contribution is 2.16. The number of hydrogen-bond acceptors (Lipinski definition) is 5. The molecule has 26 heavy (non-hydrogen) atoms. The van der Waals surface area contributed by atoms with Crippen LogP contribution < -0.4 is 10.2 Å². The molecular weight excluding hydrogens is 330 g/mol. The fraction of sp³-hybridized carbons (Fsp3) is 0.350. The summed E-state index contributed by atoms with van der Waals surface area (Å²) in [6, 6.07) is 10.2. The third kappa shape index (κ3) is 5.05. The summed E-state index contributed by atoms with van der Waals surface area (Å²) in [5, 5.41) is 2.75. The van der Waals surface area contributed by atoms with Crippen molar-refractivity contribution in [1.29, 1.82) is 0 Å². The second-order valence-corrected chi connectivity index (χ2v) is 5.92. The second kappa shape index (κ2) is 9.56. The van der Waals surface area contributed by atoms with Crippen LogP contribution in [0.1, 0.15) is 47.5 Å². The van der Waals surface area contributed by atoms with Gasteiger partial charge in [-0.05, 0) is 43.2 Å². The number of anilines is 2. The molecule has 6 heteroatoms. The molecule has 2 aromatic rings. The number of nitrogens with zero attached hydrogens (tertiary/aromatic N) is 2. The maximum absolute atomic E-state index is 12.4. The van der Waals surface area contributed by atoms with Gasteiger partial charge in [-0.15, -0.1) is 0 Å². The Labute approximate surface area is 154 Å². The largest absolute Gasteiger partial charge is 0.465 e. The zero-order chi connectivity index (χ0) is 18.9. The summed E-state index contributed by atoms with van der Waals surface area (Å²) in [5.41, 5.74) is 2.23. The highest BCUT2D eigenvalue weighted by atomic mass is 16.5. The van der Waals surface area contributed by atoms with Gasteiger partial charge in [0.05, 0.1) is 24.6 Å². The first-order valence-electron chi connectivity index (χ1n) is 8.79. The zero-order valence-electron chi connectivity index (χ0n) is 15.5. The molecule has 1 amide bonds. The molecule has 0 aliphatic carbocycles. The fourth-order valence-electron chi connectivity index (χ4n) is 2.65. The number of carbonyl (C=O) groups excluding carboxylic acids is 2. The molecule has 2 rings (SSSR count). The molecule has 0 aliphatic heterocycles. The molecule has 1 aromatic heterocycles. The quantitative estimate of drug-likeness (QED) is 0.730. The van der Waals surface area contributed by atoms with E-state index in [9.17, 15) is 9.59 Å². The average molecular weight is 355 g/mol. The Morgan fingerprint density at radius 1 is 1.12 bits per heavy atom. The summed E-state index contributed by atoms with van der Waals surface area (Å²) in [7, 11) is 1.32. The van der Waals surface area contributed by atoms with Crippen molar-refractivity contribution in [3.8, 4) is 0 Å². The first-order chi connectivity index (χ1) is 12.6. The molecule has 1 heterocycles. The zero-order valence-corrected chi connectivity index (χ0v) is 15.5. The van der Waals surface area contributed by atoms with Gasteiger partial charge in [-0.3, -0.25) is 4.79 Å². The van der Waals surface area contributed by atoms with Crippen LogP contribution in [0.2, 0.25) is 0 Å². The van der Waals surface area contributed by atoms with E-state index in [1.54, 1.807) is 36.5 Å². The predicted octanol–water partition coefficient (Wildman–Crippen LogP) is 3.75. The van der Waals surface area contributed by atoms with Crippen molar-refractivity contribution in [3.05, 3.63) is 53.9 Å². The molecular formula is C20H25N3O3. The number of aromatic nitrogens is 1. The predicted molar refractivity (Wildman–Crippen MR) is 103 cm³/mol. The molecule has 0 saturated carbocycles. The molecule has 1 N–H and O–H groups in total. The third-order valence-corrected chi connectivity index (χ3v) is 3.87. The summed E-state index contributed by atoms with van der Waals surface area (Å²) in [5.74, 6) is -0.772. The van der Waals surface area contributed by atoms with Crippen LogP contribution in [0.15, 0.2) is 42.6 Å². The van der Waals surface area contributed by atoms with Gasteiger partial charge in [0.25, 0.3) is 5.91 Å². The topological polar surface area (TPSA) is 71.5 Å². The van der Waals surface area contributed by atoms with Crippen LogP contribution in [0, 0.1) is 0 Å². The normalized spacial score (nSPS) is 10.3. The minimum Gasteiger partial charge on any atom is -0.465 e. The molecule has 6 nitrogen and oxygen atoms in total. The van der Waals surface area contributed by atoms with Crippen LogP contribution in [0.3, 0.4) is 0 Å². The van der Waals surface area contributed by atoms with Crippen LogP contribution in [-0.2, 0) is 4.74 Å².